The van der Waals surface area contributed by atoms with E-state index in [-0.39, 0.29) is 11.4 Å². The van der Waals surface area contributed by atoms with Crippen LogP contribution in [0.25, 0.3) is 0 Å². The fourth-order valence-electron chi connectivity index (χ4n) is 5.62. The second-order valence-electron chi connectivity index (χ2n) is 8.58. The summed E-state index contributed by atoms with van der Waals surface area (Å²) in [6.07, 6.45) is 7.66. The van der Waals surface area contributed by atoms with Crippen LogP contribution in [0.1, 0.15) is 59.3 Å². The van der Waals surface area contributed by atoms with E-state index in [2.05, 4.69) is 16.3 Å². The summed E-state index contributed by atoms with van der Waals surface area (Å²) in [7, 11) is 0. The first-order chi connectivity index (χ1) is 10.3. The summed E-state index contributed by atoms with van der Waals surface area (Å²) >= 11 is 0.756. The van der Waals surface area contributed by atoms with Crippen molar-refractivity contribution < 1.29 is 24.2 Å². The van der Waals surface area contributed by atoms with Crippen molar-refractivity contribution in [3.63, 3.8) is 0 Å². The summed E-state index contributed by atoms with van der Waals surface area (Å²) in [5.74, 6) is 1.31. The summed E-state index contributed by atoms with van der Waals surface area (Å²) < 4.78 is 9.15. The highest BCUT2D eigenvalue weighted by Gasteiger charge is 2.56. The third-order valence-electron chi connectivity index (χ3n) is 5.75. The third-order valence-corrected chi connectivity index (χ3v) is 6.46. The van der Waals surface area contributed by atoms with Gasteiger partial charge in [0.25, 0.3) is 0 Å². The van der Waals surface area contributed by atoms with Crippen LogP contribution in [0.15, 0.2) is 0 Å². The zero-order valence-electron chi connectivity index (χ0n) is 13.6. The normalized spacial score (nSPS) is 40.0. The first kappa shape index (κ1) is 16.6. The van der Waals surface area contributed by atoms with Gasteiger partial charge in [-0.05, 0) is 69.6 Å². The second kappa shape index (κ2) is 5.65. The maximum atomic E-state index is 12.3. The predicted molar refractivity (Wildman–Crippen MR) is 82.6 cm³/mol. The van der Waals surface area contributed by atoms with Crippen molar-refractivity contribution in [1.82, 2.24) is 0 Å². The molecule has 6 heteroatoms. The molecule has 4 aliphatic carbocycles. The van der Waals surface area contributed by atoms with Crippen molar-refractivity contribution in [3.05, 3.63) is 0 Å². The van der Waals surface area contributed by atoms with E-state index in [1.807, 2.05) is 0 Å². The summed E-state index contributed by atoms with van der Waals surface area (Å²) in [4.78, 5) is 12.3. The van der Waals surface area contributed by atoms with E-state index in [0.29, 0.717) is 12.0 Å². The number of carbonyl (C=O) groups excluding carboxylic acids is 1. The molecule has 126 valence electrons. The highest BCUT2D eigenvalue weighted by molar-refractivity contribution is 7.96. The van der Waals surface area contributed by atoms with Crippen LogP contribution in [-0.2, 0) is 18.9 Å². The van der Waals surface area contributed by atoms with Gasteiger partial charge >= 0.3 is 5.97 Å². The molecule has 2 atom stereocenters. The van der Waals surface area contributed by atoms with E-state index in [1.54, 1.807) is 13.8 Å². The van der Waals surface area contributed by atoms with Gasteiger partial charge in [0, 0.05) is 5.41 Å². The molecular weight excluding hydrogens is 304 g/mol. The summed E-state index contributed by atoms with van der Waals surface area (Å²) in [6, 6.07) is 0. The lowest BCUT2D eigenvalue weighted by Gasteiger charge is -2.61. The van der Waals surface area contributed by atoms with Crippen molar-refractivity contribution >= 4 is 18.0 Å². The molecular formula is C16H26O5S. The molecule has 0 saturated heterocycles. The highest BCUT2D eigenvalue weighted by Crippen LogP contribution is 2.65. The van der Waals surface area contributed by atoms with Crippen molar-refractivity contribution in [2.24, 2.45) is 22.7 Å². The smallest absolute Gasteiger partial charge is 0.324 e. The fraction of sp³-hybridized carbons (Fsp3) is 0.938. The molecule has 4 saturated carbocycles. The van der Waals surface area contributed by atoms with Gasteiger partial charge in [0.05, 0.1) is 18.6 Å². The standard InChI is InChI=1S/C16H26O5S/c1-14(2,22-21-20-18)13(17)19-10-16-7-11-4-12(8-16)6-15(3,5-11)9-16/h11-12,18H,4-10H2,1-3H3. The lowest BCUT2D eigenvalue weighted by Crippen LogP contribution is -2.53. The van der Waals surface area contributed by atoms with Gasteiger partial charge in [-0.1, -0.05) is 12.0 Å². The van der Waals surface area contributed by atoms with E-state index < -0.39 is 4.75 Å². The van der Waals surface area contributed by atoms with Crippen LogP contribution >= 0.6 is 12.0 Å². The molecule has 2 unspecified atom stereocenters. The first-order valence-corrected chi connectivity index (χ1v) is 8.83. The van der Waals surface area contributed by atoms with Crippen LogP contribution in [0.2, 0.25) is 0 Å². The molecule has 0 spiro atoms. The second-order valence-corrected chi connectivity index (χ2v) is 9.91. The molecule has 22 heavy (non-hydrogen) atoms. The van der Waals surface area contributed by atoms with Crippen LogP contribution in [0.4, 0.5) is 0 Å². The van der Waals surface area contributed by atoms with Gasteiger partial charge < -0.3 is 4.74 Å². The Hall–Kier alpha value is -0.300. The minimum Gasteiger partial charge on any atom is -0.464 e. The lowest BCUT2D eigenvalue weighted by molar-refractivity contribution is -0.432. The van der Waals surface area contributed by atoms with Crippen molar-refractivity contribution in [2.45, 2.75) is 64.0 Å². The average Bonchev–Trinajstić information content (AvgIpc) is 2.40. The minimum atomic E-state index is -0.908. The summed E-state index contributed by atoms with van der Waals surface area (Å²) in [6.45, 7) is 6.31. The SMILES string of the molecule is CC12CC3CC(C1)CC(COC(=O)C(C)(C)SOOO)(C3)C2. The number of esters is 1. The lowest BCUT2D eigenvalue weighted by atomic mass is 9.45. The van der Waals surface area contributed by atoms with Crippen LogP contribution < -0.4 is 0 Å². The van der Waals surface area contributed by atoms with Gasteiger partial charge in [-0.3, -0.25) is 4.79 Å². The molecule has 0 heterocycles. The Bertz CT molecular complexity index is 436. The zero-order chi connectivity index (χ0) is 16.0. The quantitative estimate of drug-likeness (QED) is 0.344. The Kier molecular flexibility index (Phi) is 4.25. The molecule has 0 aromatic carbocycles. The number of ether oxygens (including phenoxy) is 1. The number of hydrogen-bond donors (Lipinski definition) is 1. The number of hydrogen-bond acceptors (Lipinski definition) is 6. The molecule has 0 aromatic heterocycles. The Balaban J connectivity index is 1.60. The molecule has 0 aliphatic heterocycles. The number of rotatable bonds is 6. The molecule has 0 radical (unpaired) electrons. The average molecular weight is 330 g/mol. The molecule has 5 nitrogen and oxygen atoms in total. The van der Waals surface area contributed by atoms with Crippen molar-refractivity contribution in [3.8, 4) is 0 Å². The van der Waals surface area contributed by atoms with Gasteiger partial charge in [-0.25, -0.2) is 5.26 Å². The Morgan fingerprint density at radius 1 is 1.27 bits per heavy atom. The van der Waals surface area contributed by atoms with E-state index in [9.17, 15) is 4.79 Å². The van der Waals surface area contributed by atoms with E-state index in [4.69, 9.17) is 9.99 Å². The van der Waals surface area contributed by atoms with Crippen LogP contribution in [-0.4, -0.2) is 22.6 Å². The van der Waals surface area contributed by atoms with Crippen molar-refractivity contribution in [1.29, 1.82) is 0 Å². The summed E-state index contributed by atoms with van der Waals surface area (Å²) in [5, 5.41) is 11.8. The summed E-state index contributed by atoms with van der Waals surface area (Å²) in [5.41, 5.74) is 0.637. The molecule has 4 aliphatic rings. The van der Waals surface area contributed by atoms with Crippen LogP contribution in [0.5, 0.6) is 0 Å². The molecule has 0 amide bonds. The van der Waals surface area contributed by atoms with E-state index in [0.717, 1.165) is 23.9 Å². The Morgan fingerprint density at radius 2 is 1.91 bits per heavy atom. The monoisotopic (exact) mass is 330 g/mol. The van der Waals surface area contributed by atoms with Gasteiger partial charge in [0.15, 0.2) is 0 Å². The molecule has 4 rings (SSSR count). The maximum Gasteiger partial charge on any atom is 0.324 e. The molecule has 4 bridgehead atoms. The largest absolute Gasteiger partial charge is 0.464 e. The van der Waals surface area contributed by atoms with Gasteiger partial charge in [0.1, 0.15) is 4.75 Å². The predicted octanol–water partition coefficient (Wildman–Crippen LogP) is 3.98. The van der Waals surface area contributed by atoms with Gasteiger partial charge in [0.2, 0.25) is 0 Å². The van der Waals surface area contributed by atoms with Crippen molar-refractivity contribution in [2.75, 3.05) is 6.61 Å². The highest BCUT2D eigenvalue weighted by atomic mass is 32.2. The van der Waals surface area contributed by atoms with E-state index in [1.165, 1.54) is 38.5 Å². The van der Waals surface area contributed by atoms with E-state index >= 15 is 0 Å². The minimum absolute atomic E-state index is 0.184. The van der Waals surface area contributed by atoms with Crippen LogP contribution in [0.3, 0.4) is 0 Å². The van der Waals surface area contributed by atoms with Gasteiger partial charge in [-0.15, -0.1) is 4.33 Å². The first-order valence-electron chi connectivity index (χ1n) is 8.09. The Morgan fingerprint density at radius 3 is 2.45 bits per heavy atom. The number of carbonyl (C=O) groups is 1. The van der Waals surface area contributed by atoms with Crippen LogP contribution in [0, 0.1) is 22.7 Å². The third kappa shape index (κ3) is 3.16. The topological polar surface area (TPSA) is 65.0 Å². The van der Waals surface area contributed by atoms with Gasteiger partial charge in [-0.2, -0.15) is 0 Å². The molecule has 4 fully saturated rings. The molecule has 0 aromatic rings. The zero-order valence-corrected chi connectivity index (χ0v) is 14.4. The molecule has 1 N–H and O–H groups in total. The Labute approximate surface area is 136 Å². The fourth-order valence-corrected chi connectivity index (χ4v) is 5.95. The maximum absolute atomic E-state index is 12.3.